The van der Waals surface area contributed by atoms with E-state index in [1.807, 2.05) is 48.7 Å². The highest BCUT2D eigenvalue weighted by atomic mass is 32.2. The first-order valence-corrected chi connectivity index (χ1v) is 9.43. The summed E-state index contributed by atoms with van der Waals surface area (Å²) < 4.78 is 20.6. The van der Waals surface area contributed by atoms with Crippen molar-refractivity contribution in [1.29, 1.82) is 0 Å². The van der Waals surface area contributed by atoms with Gasteiger partial charge in [0.1, 0.15) is 11.6 Å². The Morgan fingerprint density at radius 3 is 2.41 bits per heavy atom. The van der Waals surface area contributed by atoms with E-state index in [0.29, 0.717) is 11.6 Å². The third-order valence-corrected chi connectivity index (χ3v) is 5.23. The normalized spacial score (nSPS) is 11.1. The van der Waals surface area contributed by atoms with Crippen LogP contribution in [0.3, 0.4) is 0 Å². The zero-order chi connectivity index (χ0) is 18.8. The molecule has 0 amide bonds. The highest BCUT2D eigenvalue weighted by Gasteiger charge is 2.18. The smallest absolute Gasteiger partial charge is 0.196 e. The maximum atomic E-state index is 13.4. The van der Waals surface area contributed by atoms with Crippen LogP contribution in [-0.4, -0.2) is 19.9 Å². The number of nitrogens with zero attached hydrogens (tertiary/aromatic N) is 4. The number of thioether (sulfide) groups is 1. The molecule has 2 aromatic heterocycles. The van der Waals surface area contributed by atoms with Crippen LogP contribution in [0.2, 0.25) is 0 Å². The fourth-order valence-electron chi connectivity index (χ4n) is 2.81. The summed E-state index contributed by atoms with van der Waals surface area (Å²) in [5.41, 5.74) is 3.67. The third-order valence-electron chi connectivity index (χ3n) is 4.28. The second-order valence-electron chi connectivity index (χ2n) is 6.08. The van der Waals surface area contributed by atoms with Crippen molar-refractivity contribution in [2.45, 2.75) is 24.8 Å². The van der Waals surface area contributed by atoms with E-state index in [2.05, 4.69) is 15.4 Å². The molecule has 4 rings (SSSR count). The fraction of sp³-hybridized carbons (Fsp3) is 0.150. The Morgan fingerprint density at radius 1 is 1.00 bits per heavy atom. The highest BCUT2D eigenvalue weighted by Crippen LogP contribution is 2.31. The van der Waals surface area contributed by atoms with E-state index >= 15 is 0 Å². The maximum absolute atomic E-state index is 13.4. The summed E-state index contributed by atoms with van der Waals surface area (Å²) in [5.74, 6) is 1.90. The van der Waals surface area contributed by atoms with Crippen LogP contribution in [0.4, 0.5) is 4.39 Å². The quantitative estimate of drug-likeness (QED) is 0.458. The van der Waals surface area contributed by atoms with E-state index in [-0.39, 0.29) is 5.82 Å². The van der Waals surface area contributed by atoms with Crippen molar-refractivity contribution >= 4 is 11.8 Å². The van der Waals surface area contributed by atoms with E-state index < -0.39 is 0 Å². The molecule has 0 fully saturated rings. The van der Waals surface area contributed by atoms with Crippen LogP contribution in [0.5, 0.6) is 0 Å². The van der Waals surface area contributed by atoms with E-state index in [9.17, 15) is 4.39 Å². The molecule has 0 aliphatic carbocycles. The molecular formula is C20H17FN4OS. The van der Waals surface area contributed by atoms with Crippen molar-refractivity contribution in [2.75, 3.05) is 0 Å². The van der Waals surface area contributed by atoms with E-state index in [4.69, 9.17) is 4.52 Å². The van der Waals surface area contributed by atoms with Crippen LogP contribution in [0, 0.1) is 19.7 Å². The molecule has 0 bridgehead atoms. The van der Waals surface area contributed by atoms with Crippen molar-refractivity contribution < 1.29 is 8.91 Å². The van der Waals surface area contributed by atoms with Gasteiger partial charge in [-0.15, -0.1) is 10.2 Å². The van der Waals surface area contributed by atoms with Gasteiger partial charge in [0.25, 0.3) is 0 Å². The minimum Gasteiger partial charge on any atom is -0.361 e. The highest BCUT2D eigenvalue weighted by molar-refractivity contribution is 7.98. The molecule has 27 heavy (non-hydrogen) atoms. The Kier molecular flexibility index (Phi) is 4.77. The average molecular weight is 380 g/mol. The van der Waals surface area contributed by atoms with Gasteiger partial charge in [-0.3, -0.25) is 4.57 Å². The summed E-state index contributed by atoms with van der Waals surface area (Å²) >= 11 is 1.54. The predicted octanol–water partition coefficient (Wildman–Crippen LogP) is 4.97. The molecule has 0 atom stereocenters. The number of aromatic nitrogens is 4. The van der Waals surface area contributed by atoms with Gasteiger partial charge in [0.15, 0.2) is 11.0 Å². The molecule has 0 saturated heterocycles. The topological polar surface area (TPSA) is 56.7 Å². The number of halogens is 1. The summed E-state index contributed by atoms with van der Waals surface area (Å²) in [6.45, 7) is 3.82. The van der Waals surface area contributed by atoms with Gasteiger partial charge in [0.2, 0.25) is 0 Å². The minimum atomic E-state index is -0.280. The van der Waals surface area contributed by atoms with Crippen LogP contribution in [0.1, 0.15) is 17.0 Å². The second-order valence-corrected chi connectivity index (χ2v) is 7.02. The molecule has 0 aliphatic heterocycles. The Balaban J connectivity index is 1.75. The molecule has 0 radical (unpaired) electrons. The molecule has 0 saturated carbocycles. The lowest BCUT2D eigenvalue weighted by Crippen LogP contribution is -2.00. The summed E-state index contributed by atoms with van der Waals surface area (Å²) in [4.78, 5) is 0. The zero-order valence-electron chi connectivity index (χ0n) is 14.9. The number of hydrogen-bond acceptors (Lipinski definition) is 5. The number of rotatable bonds is 5. The summed E-state index contributed by atoms with van der Waals surface area (Å²) in [5, 5.41) is 13.5. The second kappa shape index (κ2) is 7.36. The monoisotopic (exact) mass is 380 g/mol. The molecule has 0 unspecified atom stereocenters. The molecule has 0 spiro atoms. The van der Waals surface area contributed by atoms with Gasteiger partial charge in [-0.2, -0.15) is 0 Å². The largest absolute Gasteiger partial charge is 0.361 e. The predicted molar refractivity (Wildman–Crippen MR) is 102 cm³/mol. The van der Waals surface area contributed by atoms with Gasteiger partial charge in [-0.05, 0) is 38.1 Å². The van der Waals surface area contributed by atoms with Crippen LogP contribution in [-0.2, 0) is 5.75 Å². The number of hydrogen-bond donors (Lipinski definition) is 0. The van der Waals surface area contributed by atoms with Crippen molar-refractivity contribution in [3.05, 3.63) is 77.4 Å². The van der Waals surface area contributed by atoms with Crippen LogP contribution in [0.15, 0.2) is 64.3 Å². The van der Waals surface area contributed by atoms with E-state index in [1.165, 1.54) is 12.1 Å². The van der Waals surface area contributed by atoms with Gasteiger partial charge in [-0.25, -0.2) is 4.39 Å². The summed E-state index contributed by atoms with van der Waals surface area (Å²) in [7, 11) is 0. The minimum absolute atomic E-state index is 0.280. The van der Waals surface area contributed by atoms with E-state index in [1.54, 1.807) is 23.9 Å². The fourth-order valence-corrected chi connectivity index (χ4v) is 3.91. The Hall–Kier alpha value is -2.93. The van der Waals surface area contributed by atoms with E-state index in [0.717, 1.165) is 33.4 Å². The lowest BCUT2D eigenvalue weighted by atomic mass is 10.2. The molecule has 2 aromatic carbocycles. The first kappa shape index (κ1) is 17.5. The lowest BCUT2D eigenvalue weighted by Gasteiger charge is -2.10. The molecule has 2 heterocycles. The van der Waals surface area contributed by atoms with Gasteiger partial charge in [0.05, 0.1) is 5.69 Å². The van der Waals surface area contributed by atoms with Gasteiger partial charge in [0, 0.05) is 22.6 Å². The maximum Gasteiger partial charge on any atom is 0.196 e. The van der Waals surface area contributed by atoms with Gasteiger partial charge in [-0.1, -0.05) is 47.3 Å². The summed E-state index contributed by atoms with van der Waals surface area (Å²) in [6.07, 6.45) is 0. The molecule has 4 aromatic rings. The standard InChI is InChI=1S/C20H17FN4OS/c1-13-18(14(2)26-24-13)12-27-20-23-22-19(15-6-4-3-5-7-15)25(20)17-10-8-16(21)9-11-17/h3-11H,12H2,1-2H3. The first-order chi connectivity index (χ1) is 13.1. The first-order valence-electron chi connectivity index (χ1n) is 8.45. The number of aryl methyl sites for hydroxylation is 2. The number of benzene rings is 2. The van der Waals surface area contributed by atoms with Crippen molar-refractivity contribution in [2.24, 2.45) is 0 Å². The molecule has 136 valence electrons. The van der Waals surface area contributed by atoms with Crippen LogP contribution in [0.25, 0.3) is 17.1 Å². The molecule has 0 aliphatic rings. The third kappa shape index (κ3) is 3.50. The Bertz CT molecular complexity index is 1040. The zero-order valence-corrected chi connectivity index (χ0v) is 15.7. The van der Waals surface area contributed by atoms with Crippen LogP contribution < -0.4 is 0 Å². The van der Waals surface area contributed by atoms with Crippen molar-refractivity contribution in [3.63, 3.8) is 0 Å². The van der Waals surface area contributed by atoms with Crippen LogP contribution >= 0.6 is 11.8 Å². The van der Waals surface area contributed by atoms with Crippen molar-refractivity contribution in [1.82, 2.24) is 19.9 Å². The molecule has 0 N–H and O–H groups in total. The average Bonchev–Trinajstić information content (AvgIpc) is 3.25. The SMILES string of the molecule is Cc1noc(C)c1CSc1nnc(-c2ccccc2)n1-c1ccc(F)cc1. The Labute approximate surface area is 160 Å². The van der Waals surface area contributed by atoms with Gasteiger partial charge < -0.3 is 4.52 Å². The molecule has 7 heteroatoms. The Morgan fingerprint density at radius 2 is 1.74 bits per heavy atom. The molecule has 5 nitrogen and oxygen atoms in total. The molecular weight excluding hydrogens is 363 g/mol. The summed E-state index contributed by atoms with van der Waals surface area (Å²) in [6, 6.07) is 16.1. The van der Waals surface area contributed by atoms with Gasteiger partial charge >= 0.3 is 0 Å². The van der Waals surface area contributed by atoms with Crippen molar-refractivity contribution in [3.8, 4) is 17.1 Å². The lowest BCUT2D eigenvalue weighted by molar-refractivity contribution is 0.392.